The Balaban J connectivity index is 4.28. The summed E-state index contributed by atoms with van der Waals surface area (Å²) in [6.45, 7) is -4.06. The molecule has 0 N–H and O–H groups in total. The zero-order chi connectivity index (χ0) is 10.9. The SMILES string of the molecule is O=C[CH]CC(OCF)(OCF)OCF. The topological polar surface area (TPSA) is 44.8 Å². The van der Waals surface area contributed by atoms with Crippen LogP contribution in [0.1, 0.15) is 6.42 Å². The fraction of sp³-hybridized carbons (Fsp3) is 0.714. The van der Waals surface area contributed by atoms with E-state index in [0.29, 0.717) is 6.29 Å². The lowest BCUT2D eigenvalue weighted by molar-refractivity contribution is -0.403. The van der Waals surface area contributed by atoms with Crippen molar-refractivity contribution in [3.8, 4) is 0 Å². The van der Waals surface area contributed by atoms with Crippen LogP contribution in [-0.2, 0) is 19.0 Å². The Hall–Kier alpha value is -0.660. The van der Waals surface area contributed by atoms with E-state index in [4.69, 9.17) is 0 Å². The molecule has 0 heterocycles. The quantitative estimate of drug-likeness (QED) is 0.429. The molecule has 0 atom stereocenters. The third-order valence-electron chi connectivity index (χ3n) is 1.29. The van der Waals surface area contributed by atoms with Crippen molar-refractivity contribution in [1.82, 2.24) is 0 Å². The molecule has 0 aromatic rings. The third kappa shape index (κ3) is 4.54. The van der Waals surface area contributed by atoms with Gasteiger partial charge in [0.05, 0.1) is 0 Å². The molecular weight excluding hydrogens is 205 g/mol. The molecule has 0 fully saturated rings. The number of carbonyl (C=O) groups is 1. The summed E-state index contributed by atoms with van der Waals surface area (Å²) in [5.41, 5.74) is 0. The lowest BCUT2D eigenvalue weighted by atomic mass is 10.3. The minimum Gasteiger partial charge on any atom is -0.303 e. The molecule has 7 heteroatoms. The van der Waals surface area contributed by atoms with E-state index >= 15 is 0 Å². The van der Waals surface area contributed by atoms with Crippen LogP contribution in [-0.4, -0.2) is 32.8 Å². The lowest BCUT2D eigenvalue weighted by Crippen LogP contribution is -2.39. The van der Waals surface area contributed by atoms with Gasteiger partial charge >= 0.3 is 0 Å². The van der Waals surface area contributed by atoms with E-state index in [1.54, 1.807) is 0 Å². The third-order valence-corrected chi connectivity index (χ3v) is 1.29. The Bertz CT molecular complexity index is 139. The summed E-state index contributed by atoms with van der Waals surface area (Å²) in [6.07, 6.45) is 0.870. The first-order chi connectivity index (χ1) is 6.74. The minimum atomic E-state index is -2.21. The molecular formula is C7H10F3O4. The van der Waals surface area contributed by atoms with Crippen molar-refractivity contribution >= 4 is 6.29 Å². The van der Waals surface area contributed by atoms with Crippen LogP contribution in [0.3, 0.4) is 0 Å². The zero-order valence-corrected chi connectivity index (χ0v) is 7.25. The summed E-state index contributed by atoms with van der Waals surface area (Å²) in [6, 6.07) is 0. The largest absolute Gasteiger partial charge is 0.303 e. The van der Waals surface area contributed by atoms with Crippen molar-refractivity contribution in [1.29, 1.82) is 0 Å². The van der Waals surface area contributed by atoms with E-state index in [1.165, 1.54) is 0 Å². The number of aldehydes is 1. The maximum atomic E-state index is 11.8. The number of hydrogen-bond acceptors (Lipinski definition) is 4. The van der Waals surface area contributed by atoms with Gasteiger partial charge in [-0.2, -0.15) is 0 Å². The number of hydrogen-bond donors (Lipinski definition) is 0. The molecule has 4 nitrogen and oxygen atoms in total. The monoisotopic (exact) mass is 215 g/mol. The Labute approximate surface area is 78.9 Å². The molecule has 83 valence electrons. The van der Waals surface area contributed by atoms with E-state index in [0.717, 1.165) is 6.42 Å². The van der Waals surface area contributed by atoms with Crippen molar-refractivity contribution < 1.29 is 32.2 Å². The Morgan fingerprint density at radius 2 is 1.43 bits per heavy atom. The molecule has 14 heavy (non-hydrogen) atoms. The van der Waals surface area contributed by atoms with E-state index < -0.39 is 33.0 Å². The van der Waals surface area contributed by atoms with Gasteiger partial charge in [0.2, 0.25) is 0 Å². The van der Waals surface area contributed by atoms with Crippen molar-refractivity contribution in [2.75, 3.05) is 20.6 Å². The van der Waals surface area contributed by atoms with Gasteiger partial charge in [0.15, 0.2) is 20.6 Å². The molecule has 0 unspecified atom stereocenters. The van der Waals surface area contributed by atoms with Crippen molar-refractivity contribution in [2.24, 2.45) is 0 Å². The van der Waals surface area contributed by atoms with Crippen molar-refractivity contribution in [2.45, 2.75) is 12.4 Å². The van der Waals surface area contributed by atoms with E-state index in [2.05, 4.69) is 14.2 Å². The first kappa shape index (κ1) is 13.3. The summed E-state index contributed by atoms with van der Waals surface area (Å²) >= 11 is 0. The Morgan fingerprint density at radius 1 is 1.00 bits per heavy atom. The van der Waals surface area contributed by atoms with Crippen LogP contribution in [0, 0.1) is 6.42 Å². The predicted molar refractivity (Wildman–Crippen MR) is 38.9 cm³/mol. The van der Waals surface area contributed by atoms with Gasteiger partial charge in [-0.15, -0.1) is 0 Å². The smallest absolute Gasteiger partial charge is 0.290 e. The molecule has 1 radical (unpaired) electrons. The lowest BCUT2D eigenvalue weighted by Gasteiger charge is -2.28. The van der Waals surface area contributed by atoms with Gasteiger partial charge in [-0.3, -0.25) is 14.2 Å². The summed E-state index contributed by atoms with van der Waals surface area (Å²) < 4.78 is 48.2. The number of carbonyl (C=O) groups excluding carboxylic acids is 1. The highest BCUT2D eigenvalue weighted by atomic mass is 19.1. The highest BCUT2D eigenvalue weighted by molar-refractivity contribution is 5.60. The fourth-order valence-electron chi connectivity index (χ4n) is 0.744. The second kappa shape index (κ2) is 7.72. The maximum Gasteiger partial charge on any atom is 0.290 e. The Morgan fingerprint density at radius 3 is 1.71 bits per heavy atom. The van der Waals surface area contributed by atoms with Gasteiger partial charge in [0.1, 0.15) is 6.29 Å². The molecule has 0 aliphatic carbocycles. The van der Waals surface area contributed by atoms with Crippen LogP contribution in [0.2, 0.25) is 0 Å². The van der Waals surface area contributed by atoms with Gasteiger partial charge in [0, 0.05) is 12.8 Å². The van der Waals surface area contributed by atoms with Crippen LogP contribution in [0.25, 0.3) is 0 Å². The number of halogens is 3. The van der Waals surface area contributed by atoms with E-state index in [9.17, 15) is 18.0 Å². The molecule has 0 amide bonds. The summed E-state index contributed by atoms with van der Waals surface area (Å²) in [7, 11) is 0. The van der Waals surface area contributed by atoms with Crippen LogP contribution < -0.4 is 0 Å². The molecule has 0 aromatic carbocycles. The fourth-order valence-corrected chi connectivity index (χ4v) is 0.744. The van der Waals surface area contributed by atoms with Crippen LogP contribution in [0.15, 0.2) is 0 Å². The van der Waals surface area contributed by atoms with Gasteiger partial charge < -0.3 is 4.79 Å². The molecule has 0 rings (SSSR count). The van der Waals surface area contributed by atoms with Gasteiger partial charge in [-0.1, -0.05) is 0 Å². The number of alkyl halides is 3. The number of rotatable bonds is 9. The molecule has 0 bridgehead atoms. The minimum absolute atomic E-state index is 0.347. The van der Waals surface area contributed by atoms with Gasteiger partial charge in [0.25, 0.3) is 5.97 Å². The summed E-state index contributed by atoms with van der Waals surface area (Å²) in [5.74, 6) is -2.21. The summed E-state index contributed by atoms with van der Waals surface area (Å²) in [4.78, 5) is 9.96. The van der Waals surface area contributed by atoms with E-state index in [1.807, 2.05) is 0 Å². The second-order valence-corrected chi connectivity index (χ2v) is 2.02. The summed E-state index contributed by atoms with van der Waals surface area (Å²) in [5, 5.41) is 0. The number of ether oxygens (including phenoxy) is 3. The highest BCUT2D eigenvalue weighted by Crippen LogP contribution is 2.21. The average molecular weight is 215 g/mol. The normalized spacial score (nSPS) is 11.6. The van der Waals surface area contributed by atoms with Crippen molar-refractivity contribution in [3.05, 3.63) is 6.42 Å². The average Bonchev–Trinajstić information content (AvgIpc) is 2.16. The predicted octanol–water partition coefficient (Wildman–Crippen LogP) is 1.26. The van der Waals surface area contributed by atoms with E-state index in [-0.39, 0.29) is 0 Å². The standard InChI is InChI=1S/C7H10F3O4/c8-4-12-7(13-5-9,14-6-10)2-1-3-11/h1,3H,2,4-6H2. The molecule has 0 aliphatic heterocycles. The molecule has 0 saturated carbocycles. The molecule has 0 spiro atoms. The Kier molecular flexibility index (Phi) is 7.35. The first-order valence-corrected chi connectivity index (χ1v) is 3.61. The van der Waals surface area contributed by atoms with Crippen LogP contribution in [0.5, 0.6) is 0 Å². The zero-order valence-electron chi connectivity index (χ0n) is 7.25. The second-order valence-electron chi connectivity index (χ2n) is 2.02. The van der Waals surface area contributed by atoms with Crippen LogP contribution in [0.4, 0.5) is 13.2 Å². The molecule has 0 aliphatic rings. The first-order valence-electron chi connectivity index (χ1n) is 3.61. The maximum absolute atomic E-state index is 11.8. The molecule has 0 aromatic heterocycles. The van der Waals surface area contributed by atoms with Crippen molar-refractivity contribution in [3.63, 3.8) is 0 Å². The highest BCUT2D eigenvalue weighted by Gasteiger charge is 2.34. The van der Waals surface area contributed by atoms with Crippen LogP contribution >= 0.6 is 0 Å². The van der Waals surface area contributed by atoms with Gasteiger partial charge in [-0.25, -0.2) is 13.2 Å². The molecule has 0 saturated heterocycles. The van der Waals surface area contributed by atoms with Gasteiger partial charge in [-0.05, 0) is 0 Å².